The zero-order valence-electron chi connectivity index (χ0n) is 14.2. The van der Waals surface area contributed by atoms with Crippen LogP contribution in [0.2, 0.25) is 0 Å². The van der Waals surface area contributed by atoms with Crippen LogP contribution in [0.25, 0.3) is 0 Å². The molecule has 0 fully saturated rings. The highest BCUT2D eigenvalue weighted by Crippen LogP contribution is 2.35. The van der Waals surface area contributed by atoms with Gasteiger partial charge in [-0.25, -0.2) is 4.79 Å². The van der Waals surface area contributed by atoms with Crippen LogP contribution < -0.4 is 10.6 Å². The molecule has 23 heavy (non-hydrogen) atoms. The van der Waals surface area contributed by atoms with E-state index < -0.39 is 6.03 Å². The molecule has 4 heteroatoms. The van der Waals surface area contributed by atoms with Crippen molar-refractivity contribution in [2.24, 2.45) is 5.73 Å². The van der Waals surface area contributed by atoms with Gasteiger partial charge in [0.25, 0.3) is 0 Å². The second-order valence-corrected chi connectivity index (χ2v) is 4.42. The summed E-state index contributed by atoms with van der Waals surface area (Å²) in [6.45, 7) is 8.00. The fraction of sp³-hybridized carbons (Fsp3) is 0.263. The number of benzene rings is 2. The average Bonchev–Trinajstić information content (AvgIpc) is 2.72. The Bertz CT molecular complexity index is 681. The Morgan fingerprint density at radius 1 is 0.913 bits per heavy atom. The maximum absolute atomic E-state index is 12.3. The van der Waals surface area contributed by atoms with Crippen LogP contribution >= 0.6 is 0 Å². The molecule has 4 nitrogen and oxygen atoms in total. The van der Waals surface area contributed by atoms with Gasteiger partial charge in [0.1, 0.15) is 0 Å². The molecular weight excluding hydrogens is 288 g/mol. The lowest BCUT2D eigenvalue weighted by Gasteiger charge is -2.22. The zero-order chi connectivity index (χ0) is 17.4. The van der Waals surface area contributed by atoms with Crippen LogP contribution in [0.1, 0.15) is 43.6 Å². The number of hydrogen-bond donors (Lipinski definition) is 1. The highest BCUT2D eigenvalue weighted by Gasteiger charge is 2.27. The minimum Gasteiger partial charge on any atom is -0.351 e. The van der Waals surface area contributed by atoms with Crippen molar-refractivity contribution >= 4 is 23.2 Å². The van der Waals surface area contributed by atoms with Gasteiger partial charge < -0.3 is 5.73 Å². The molecule has 1 aliphatic heterocycles. The molecule has 0 radical (unpaired) electrons. The van der Waals surface area contributed by atoms with E-state index in [1.54, 1.807) is 30.3 Å². The Labute approximate surface area is 137 Å². The number of urea groups is 1. The predicted octanol–water partition coefficient (Wildman–Crippen LogP) is 4.69. The molecule has 2 aromatic rings. The van der Waals surface area contributed by atoms with Gasteiger partial charge in [0.05, 0.1) is 11.4 Å². The summed E-state index contributed by atoms with van der Waals surface area (Å²) in [7, 11) is 0. The standard InChI is InChI=1S/C15H12N2O2.2C2H6/c16-15(19)17-12-7-3-1-5-10(12)9-14(18)11-6-2-4-8-13(11)17;2*1-2/h1-8H,9H2,(H2,16,19);2*1-2H3. The lowest BCUT2D eigenvalue weighted by Crippen LogP contribution is -2.32. The molecule has 0 aliphatic carbocycles. The van der Waals surface area contributed by atoms with Gasteiger partial charge in [0.2, 0.25) is 0 Å². The van der Waals surface area contributed by atoms with Crippen LogP contribution in [0, 0.1) is 0 Å². The minimum absolute atomic E-state index is 0.00759. The lowest BCUT2D eigenvalue weighted by molar-refractivity contribution is 0.0994. The molecule has 0 saturated carbocycles. The van der Waals surface area contributed by atoms with Gasteiger partial charge in [-0.2, -0.15) is 0 Å². The maximum Gasteiger partial charge on any atom is 0.323 e. The second kappa shape index (κ2) is 8.73. The fourth-order valence-corrected chi connectivity index (χ4v) is 2.42. The molecule has 0 aromatic heterocycles. The molecule has 122 valence electrons. The minimum atomic E-state index is -0.588. The summed E-state index contributed by atoms with van der Waals surface area (Å²) in [6, 6.07) is 13.8. The van der Waals surface area contributed by atoms with Crippen LogP contribution in [0.15, 0.2) is 48.5 Å². The van der Waals surface area contributed by atoms with Crippen LogP contribution in [0.5, 0.6) is 0 Å². The van der Waals surface area contributed by atoms with E-state index in [-0.39, 0.29) is 12.2 Å². The summed E-state index contributed by atoms with van der Waals surface area (Å²) in [6.07, 6.45) is 0.275. The van der Waals surface area contributed by atoms with Crippen LogP contribution in [-0.2, 0) is 6.42 Å². The van der Waals surface area contributed by atoms with E-state index in [4.69, 9.17) is 5.73 Å². The van der Waals surface area contributed by atoms with Crippen molar-refractivity contribution in [1.82, 2.24) is 0 Å². The van der Waals surface area contributed by atoms with Crippen molar-refractivity contribution in [2.45, 2.75) is 34.1 Å². The number of ketones is 1. The van der Waals surface area contributed by atoms with Crippen molar-refractivity contribution < 1.29 is 9.59 Å². The molecule has 1 aliphatic rings. The third-order valence-corrected chi connectivity index (χ3v) is 3.25. The van der Waals surface area contributed by atoms with E-state index in [1.165, 1.54) is 4.90 Å². The Morgan fingerprint density at radius 3 is 2.04 bits per heavy atom. The van der Waals surface area contributed by atoms with Crippen LogP contribution in [-0.4, -0.2) is 11.8 Å². The number of carbonyl (C=O) groups is 2. The molecule has 2 aromatic carbocycles. The van der Waals surface area contributed by atoms with Crippen molar-refractivity contribution in [3.05, 3.63) is 59.7 Å². The van der Waals surface area contributed by atoms with Gasteiger partial charge in [-0.15, -0.1) is 0 Å². The second-order valence-electron chi connectivity index (χ2n) is 4.42. The quantitative estimate of drug-likeness (QED) is 0.766. The van der Waals surface area contributed by atoms with E-state index in [2.05, 4.69) is 0 Å². The first-order valence-corrected chi connectivity index (χ1v) is 7.98. The molecule has 2 N–H and O–H groups in total. The number of hydrogen-bond acceptors (Lipinski definition) is 2. The van der Waals surface area contributed by atoms with Crippen molar-refractivity contribution in [3.8, 4) is 0 Å². The number of anilines is 2. The van der Waals surface area contributed by atoms with Gasteiger partial charge in [-0.3, -0.25) is 9.69 Å². The first-order valence-electron chi connectivity index (χ1n) is 7.98. The number of para-hydroxylation sites is 2. The molecular formula is C19H24N2O2. The van der Waals surface area contributed by atoms with Crippen LogP contribution in [0.3, 0.4) is 0 Å². The maximum atomic E-state index is 12.3. The SMILES string of the molecule is CC.CC.NC(=O)N1c2ccccc2CC(=O)c2ccccc21. The van der Waals surface area contributed by atoms with E-state index in [9.17, 15) is 9.59 Å². The summed E-state index contributed by atoms with van der Waals surface area (Å²) in [5, 5.41) is 0. The lowest BCUT2D eigenvalue weighted by atomic mass is 10.0. The highest BCUT2D eigenvalue weighted by atomic mass is 16.2. The molecule has 0 saturated heterocycles. The number of nitrogens with two attached hydrogens (primary N) is 1. The van der Waals surface area contributed by atoms with Crippen molar-refractivity contribution in [1.29, 1.82) is 0 Å². The topological polar surface area (TPSA) is 63.4 Å². The zero-order valence-corrected chi connectivity index (χ0v) is 14.2. The monoisotopic (exact) mass is 312 g/mol. The van der Waals surface area contributed by atoms with E-state index in [0.717, 1.165) is 5.56 Å². The number of Topliss-reactive ketones (excluding diaryl/α,β-unsaturated/α-hetero) is 1. The van der Waals surface area contributed by atoms with E-state index in [1.807, 2.05) is 45.9 Å². The number of amides is 2. The summed E-state index contributed by atoms with van der Waals surface area (Å²) < 4.78 is 0. The van der Waals surface area contributed by atoms with Gasteiger partial charge in [-0.05, 0) is 23.8 Å². The molecule has 3 rings (SSSR count). The normalized spacial score (nSPS) is 11.7. The predicted molar refractivity (Wildman–Crippen MR) is 95.3 cm³/mol. The van der Waals surface area contributed by atoms with Crippen molar-refractivity contribution in [3.63, 3.8) is 0 Å². The number of carbonyl (C=O) groups excluding carboxylic acids is 2. The first-order chi connectivity index (χ1) is 11.2. The van der Waals surface area contributed by atoms with Gasteiger partial charge >= 0.3 is 6.03 Å². The highest BCUT2D eigenvalue weighted by molar-refractivity contribution is 6.11. The Kier molecular flexibility index (Phi) is 7.00. The van der Waals surface area contributed by atoms with Gasteiger partial charge in [0.15, 0.2) is 5.78 Å². The number of nitrogens with zero attached hydrogens (tertiary/aromatic N) is 1. The molecule has 0 spiro atoms. The van der Waals surface area contributed by atoms with Gasteiger partial charge in [-0.1, -0.05) is 58.0 Å². The summed E-state index contributed by atoms with van der Waals surface area (Å²) in [5.41, 5.74) is 8.04. The average molecular weight is 312 g/mol. The fourth-order valence-electron chi connectivity index (χ4n) is 2.42. The largest absolute Gasteiger partial charge is 0.351 e. The number of fused-ring (bicyclic) bond motifs is 2. The Morgan fingerprint density at radius 2 is 1.43 bits per heavy atom. The molecule has 0 bridgehead atoms. The molecule has 0 atom stereocenters. The first kappa shape index (κ1) is 18.4. The number of rotatable bonds is 0. The third-order valence-electron chi connectivity index (χ3n) is 3.25. The Hall–Kier alpha value is -2.62. The van der Waals surface area contributed by atoms with Gasteiger partial charge in [0, 0.05) is 12.0 Å². The molecule has 2 amide bonds. The van der Waals surface area contributed by atoms with E-state index >= 15 is 0 Å². The third kappa shape index (κ3) is 3.77. The Balaban J connectivity index is 0.000000615. The molecule has 0 unspecified atom stereocenters. The van der Waals surface area contributed by atoms with E-state index in [0.29, 0.717) is 16.9 Å². The molecule has 1 heterocycles. The summed E-state index contributed by atoms with van der Waals surface area (Å²) >= 11 is 0. The number of primary amides is 1. The summed E-state index contributed by atoms with van der Waals surface area (Å²) in [4.78, 5) is 25.4. The smallest absolute Gasteiger partial charge is 0.323 e. The van der Waals surface area contributed by atoms with Crippen LogP contribution in [0.4, 0.5) is 16.2 Å². The van der Waals surface area contributed by atoms with Crippen molar-refractivity contribution in [2.75, 3.05) is 4.90 Å². The summed E-state index contributed by atoms with van der Waals surface area (Å²) in [5.74, 6) is -0.00759.